The molecule has 1 aliphatic rings. The number of hydrogen-bond acceptors (Lipinski definition) is 2. The number of aromatic nitrogens is 1. The Bertz CT molecular complexity index is 771. The van der Waals surface area contributed by atoms with E-state index in [1.54, 1.807) is 0 Å². The van der Waals surface area contributed by atoms with Gasteiger partial charge in [-0.15, -0.1) is 0 Å². The highest BCUT2D eigenvalue weighted by Gasteiger charge is 2.32. The molecule has 5 heteroatoms. The maximum absolute atomic E-state index is 12.0. The summed E-state index contributed by atoms with van der Waals surface area (Å²) in [6.07, 6.45) is 0. The van der Waals surface area contributed by atoms with Gasteiger partial charge < -0.3 is 4.57 Å². The number of halogens is 1. The molecule has 0 spiro atoms. The molecular weight excluding hydrogens is 308 g/mol. The molecule has 2 aromatic rings. The summed E-state index contributed by atoms with van der Waals surface area (Å²) in [6, 6.07) is 7.83. The van der Waals surface area contributed by atoms with E-state index < -0.39 is 0 Å². The van der Waals surface area contributed by atoms with Crippen LogP contribution < -0.4 is 5.32 Å². The minimum absolute atomic E-state index is 0.303. The first-order chi connectivity index (χ1) is 9.02. The third kappa shape index (κ3) is 1.58. The Morgan fingerprint density at radius 2 is 1.84 bits per heavy atom. The third-order valence-electron chi connectivity index (χ3n) is 3.52. The second kappa shape index (κ2) is 4.06. The standard InChI is InChI=1S/C14H11BrN2O2/c1-7-10(11-12(15)14(19)16-13(11)18)8-5-3-4-6-9(8)17(7)2/h3-6H,1-2H3,(H,16,18,19). The Hall–Kier alpha value is -1.88. The summed E-state index contributed by atoms with van der Waals surface area (Å²) >= 11 is 3.21. The van der Waals surface area contributed by atoms with Crippen LogP contribution in [0.25, 0.3) is 16.5 Å². The molecule has 0 radical (unpaired) electrons. The van der Waals surface area contributed by atoms with Crippen LogP contribution in [-0.2, 0) is 16.6 Å². The smallest absolute Gasteiger partial charge is 0.265 e. The van der Waals surface area contributed by atoms with E-state index in [1.165, 1.54) is 0 Å². The number of amides is 2. The summed E-state index contributed by atoms with van der Waals surface area (Å²) in [4.78, 5) is 23.6. The summed E-state index contributed by atoms with van der Waals surface area (Å²) in [6.45, 7) is 1.94. The highest BCUT2D eigenvalue weighted by Crippen LogP contribution is 2.36. The topological polar surface area (TPSA) is 51.1 Å². The van der Waals surface area contributed by atoms with Crippen molar-refractivity contribution in [2.24, 2.45) is 7.05 Å². The Balaban J connectivity index is 2.42. The van der Waals surface area contributed by atoms with Gasteiger partial charge in [0.05, 0.1) is 10.1 Å². The minimum Gasteiger partial charge on any atom is -0.347 e. The molecule has 0 saturated heterocycles. The lowest BCUT2D eigenvalue weighted by Gasteiger charge is -2.02. The fraction of sp³-hybridized carbons (Fsp3) is 0.143. The molecule has 3 rings (SSSR count). The Morgan fingerprint density at radius 1 is 1.16 bits per heavy atom. The average molecular weight is 319 g/mol. The highest BCUT2D eigenvalue weighted by atomic mass is 79.9. The van der Waals surface area contributed by atoms with Crippen molar-refractivity contribution in [1.29, 1.82) is 0 Å². The van der Waals surface area contributed by atoms with Crippen LogP contribution in [0.4, 0.5) is 0 Å². The van der Waals surface area contributed by atoms with Gasteiger partial charge in [-0.05, 0) is 28.9 Å². The van der Waals surface area contributed by atoms with E-state index in [0.29, 0.717) is 10.1 Å². The van der Waals surface area contributed by atoms with E-state index in [2.05, 4.69) is 21.2 Å². The molecule has 1 aromatic carbocycles. The lowest BCUT2D eigenvalue weighted by Crippen LogP contribution is -2.22. The minimum atomic E-state index is -0.382. The van der Waals surface area contributed by atoms with Crippen LogP contribution in [0.15, 0.2) is 28.7 Å². The number of nitrogens with one attached hydrogen (secondary N) is 1. The second-order valence-electron chi connectivity index (χ2n) is 4.51. The summed E-state index contributed by atoms with van der Waals surface area (Å²) in [5.41, 5.74) is 3.22. The Kier molecular flexibility index (Phi) is 2.60. The van der Waals surface area contributed by atoms with Crippen LogP contribution in [-0.4, -0.2) is 16.4 Å². The lowest BCUT2D eigenvalue weighted by molar-refractivity contribution is -0.123. The van der Waals surface area contributed by atoms with E-state index in [0.717, 1.165) is 22.2 Å². The molecule has 2 amide bonds. The number of para-hydroxylation sites is 1. The van der Waals surface area contributed by atoms with Crippen molar-refractivity contribution in [2.75, 3.05) is 0 Å². The van der Waals surface area contributed by atoms with Gasteiger partial charge in [0.1, 0.15) is 0 Å². The molecule has 0 aliphatic carbocycles. The van der Waals surface area contributed by atoms with Crippen molar-refractivity contribution in [3.05, 3.63) is 40.0 Å². The lowest BCUT2D eigenvalue weighted by atomic mass is 10.0. The predicted octanol–water partition coefficient (Wildman–Crippen LogP) is 2.25. The van der Waals surface area contributed by atoms with Crippen molar-refractivity contribution < 1.29 is 9.59 Å². The van der Waals surface area contributed by atoms with Crippen LogP contribution in [0.3, 0.4) is 0 Å². The van der Waals surface area contributed by atoms with E-state index in [9.17, 15) is 9.59 Å². The number of rotatable bonds is 1. The van der Waals surface area contributed by atoms with Crippen LogP contribution in [0, 0.1) is 6.92 Å². The molecule has 0 fully saturated rings. The molecule has 1 aliphatic heterocycles. The first-order valence-electron chi connectivity index (χ1n) is 5.82. The SMILES string of the molecule is Cc1c(C2=C(Br)C(=O)NC2=O)c2ccccc2n1C. The van der Waals surface area contributed by atoms with Crippen LogP contribution in [0.5, 0.6) is 0 Å². The fourth-order valence-corrected chi connectivity index (χ4v) is 2.97. The summed E-state index contributed by atoms with van der Waals surface area (Å²) in [5.74, 6) is -0.733. The molecule has 4 nitrogen and oxygen atoms in total. The number of carbonyl (C=O) groups excluding carboxylic acids is 2. The van der Waals surface area contributed by atoms with Crippen LogP contribution in [0.1, 0.15) is 11.3 Å². The molecule has 0 bridgehead atoms. The molecule has 1 aromatic heterocycles. The van der Waals surface area contributed by atoms with E-state index in [1.807, 2.05) is 42.8 Å². The molecular formula is C14H11BrN2O2. The normalized spacial score (nSPS) is 15.5. The molecule has 96 valence electrons. The highest BCUT2D eigenvalue weighted by molar-refractivity contribution is 9.12. The van der Waals surface area contributed by atoms with E-state index >= 15 is 0 Å². The van der Waals surface area contributed by atoms with Crippen LogP contribution in [0.2, 0.25) is 0 Å². The van der Waals surface area contributed by atoms with Gasteiger partial charge in [-0.3, -0.25) is 14.9 Å². The van der Waals surface area contributed by atoms with Crippen molar-refractivity contribution in [3.63, 3.8) is 0 Å². The number of nitrogens with zero attached hydrogens (tertiary/aromatic N) is 1. The monoisotopic (exact) mass is 318 g/mol. The van der Waals surface area contributed by atoms with Gasteiger partial charge in [-0.25, -0.2) is 0 Å². The molecule has 0 saturated carbocycles. The summed E-state index contributed by atoms with van der Waals surface area (Å²) in [5, 5.41) is 3.28. The van der Waals surface area contributed by atoms with Crippen molar-refractivity contribution >= 4 is 44.2 Å². The van der Waals surface area contributed by atoms with E-state index in [4.69, 9.17) is 0 Å². The maximum Gasteiger partial charge on any atom is 0.265 e. The molecule has 2 heterocycles. The summed E-state index contributed by atoms with van der Waals surface area (Å²) in [7, 11) is 1.95. The molecule has 0 atom stereocenters. The maximum atomic E-state index is 12.0. The van der Waals surface area contributed by atoms with Gasteiger partial charge >= 0.3 is 0 Å². The van der Waals surface area contributed by atoms with Gasteiger partial charge in [0.15, 0.2) is 0 Å². The predicted molar refractivity (Wildman–Crippen MR) is 76.7 cm³/mol. The zero-order chi connectivity index (χ0) is 13.7. The first kappa shape index (κ1) is 12.2. The van der Waals surface area contributed by atoms with Gasteiger partial charge in [0.25, 0.3) is 11.8 Å². The zero-order valence-corrected chi connectivity index (χ0v) is 12.0. The third-order valence-corrected chi connectivity index (χ3v) is 4.28. The number of fused-ring (bicyclic) bond motifs is 1. The number of carbonyl (C=O) groups is 2. The van der Waals surface area contributed by atoms with Gasteiger partial charge in [0.2, 0.25) is 0 Å². The number of imide groups is 1. The van der Waals surface area contributed by atoms with Gasteiger partial charge in [0, 0.05) is 29.2 Å². The number of hydrogen-bond donors (Lipinski definition) is 1. The quantitative estimate of drug-likeness (QED) is 0.820. The van der Waals surface area contributed by atoms with Gasteiger partial charge in [-0.1, -0.05) is 18.2 Å². The molecule has 1 N–H and O–H groups in total. The van der Waals surface area contributed by atoms with Gasteiger partial charge in [-0.2, -0.15) is 0 Å². The molecule has 0 unspecified atom stereocenters. The second-order valence-corrected chi connectivity index (χ2v) is 5.30. The number of benzene rings is 1. The summed E-state index contributed by atoms with van der Waals surface area (Å²) < 4.78 is 2.32. The zero-order valence-electron chi connectivity index (χ0n) is 10.5. The van der Waals surface area contributed by atoms with Crippen molar-refractivity contribution in [1.82, 2.24) is 9.88 Å². The average Bonchev–Trinajstić information content (AvgIpc) is 2.78. The van der Waals surface area contributed by atoms with E-state index in [-0.39, 0.29) is 11.8 Å². The molecule has 19 heavy (non-hydrogen) atoms. The Morgan fingerprint density at radius 3 is 2.47 bits per heavy atom. The van der Waals surface area contributed by atoms with Crippen molar-refractivity contribution in [3.8, 4) is 0 Å². The number of aryl methyl sites for hydroxylation is 1. The fourth-order valence-electron chi connectivity index (χ4n) is 2.49. The largest absolute Gasteiger partial charge is 0.347 e. The van der Waals surface area contributed by atoms with Crippen LogP contribution >= 0.6 is 15.9 Å². The Labute approximate surface area is 118 Å². The van der Waals surface area contributed by atoms with Crippen molar-refractivity contribution in [2.45, 2.75) is 6.92 Å². The first-order valence-corrected chi connectivity index (χ1v) is 6.61.